The molecular weight excluding hydrogens is 359 g/mol. The molecule has 0 atom stereocenters. The number of nitrogen functional groups attached to an aromatic ring is 1. The molecule has 144 valence electrons. The highest BCUT2D eigenvalue weighted by Gasteiger charge is 2.36. The van der Waals surface area contributed by atoms with Gasteiger partial charge in [-0.25, -0.2) is 0 Å². The fraction of sp³-hybridized carbons (Fsp3) is 0.316. The van der Waals surface area contributed by atoms with E-state index in [4.69, 9.17) is 10.5 Å². The molecule has 2 aromatic carbocycles. The number of morpholine rings is 1. The summed E-state index contributed by atoms with van der Waals surface area (Å²) < 4.78 is 45.9. The Balaban J connectivity index is 1.98. The number of anilines is 3. The number of nitrogens with zero attached hydrogens (tertiary/aromatic N) is 1. The third kappa shape index (κ3) is 4.16. The van der Waals surface area contributed by atoms with Gasteiger partial charge in [-0.15, -0.1) is 0 Å². The highest BCUT2D eigenvalue weighted by molar-refractivity contribution is 6.06. The lowest BCUT2D eigenvalue weighted by molar-refractivity contribution is -0.137. The molecule has 1 saturated heterocycles. The van der Waals surface area contributed by atoms with Crippen LogP contribution in [0.2, 0.25) is 0 Å². The van der Waals surface area contributed by atoms with E-state index in [2.05, 4.69) is 5.32 Å². The first kappa shape index (κ1) is 19.0. The number of rotatable bonds is 3. The van der Waals surface area contributed by atoms with E-state index < -0.39 is 17.6 Å². The van der Waals surface area contributed by atoms with Crippen molar-refractivity contribution >= 4 is 23.0 Å². The average molecular weight is 379 g/mol. The molecule has 2 aromatic rings. The molecule has 0 aromatic heterocycles. The second-order valence-electron chi connectivity index (χ2n) is 6.32. The van der Waals surface area contributed by atoms with Crippen molar-refractivity contribution in [3.8, 4) is 0 Å². The molecule has 5 nitrogen and oxygen atoms in total. The van der Waals surface area contributed by atoms with Gasteiger partial charge in [-0.1, -0.05) is 12.1 Å². The Labute approximate surface area is 154 Å². The normalized spacial score (nSPS) is 14.9. The topological polar surface area (TPSA) is 67.6 Å². The molecule has 3 rings (SSSR count). The van der Waals surface area contributed by atoms with Crippen molar-refractivity contribution in [2.45, 2.75) is 13.1 Å². The molecule has 0 saturated carbocycles. The molecule has 3 N–H and O–H groups in total. The van der Waals surface area contributed by atoms with Gasteiger partial charge in [0.05, 0.1) is 30.2 Å². The van der Waals surface area contributed by atoms with Gasteiger partial charge in [0.15, 0.2) is 0 Å². The Morgan fingerprint density at radius 1 is 1.19 bits per heavy atom. The van der Waals surface area contributed by atoms with E-state index in [0.29, 0.717) is 32.0 Å². The molecule has 0 bridgehead atoms. The molecule has 1 heterocycles. The van der Waals surface area contributed by atoms with Crippen LogP contribution in [0.1, 0.15) is 21.5 Å². The van der Waals surface area contributed by atoms with Gasteiger partial charge in [0.1, 0.15) is 0 Å². The first-order chi connectivity index (χ1) is 12.8. The lowest BCUT2D eigenvalue weighted by Crippen LogP contribution is -2.38. The van der Waals surface area contributed by atoms with Gasteiger partial charge in [0, 0.05) is 24.3 Å². The number of amides is 1. The molecule has 8 heteroatoms. The van der Waals surface area contributed by atoms with Crippen molar-refractivity contribution in [3.05, 3.63) is 53.1 Å². The summed E-state index contributed by atoms with van der Waals surface area (Å²) in [5, 5.41) is 2.61. The minimum absolute atomic E-state index is 0.0401. The van der Waals surface area contributed by atoms with E-state index in [0.717, 1.165) is 11.6 Å². The summed E-state index contributed by atoms with van der Waals surface area (Å²) in [5.41, 5.74) is 6.65. The van der Waals surface area contributed by atoms with E-state index in [1.807, 2.05) is 0 Å². The number of carbonyl (C=O) groups excluding carboxylic acids is 1. The highest BCUT2D eigenvalue weighted by Crippen LogP contribution is 2.41. The van der Waals surface area contributed by atoms with Crippen LogP contribution in [0.4, 0.5) is 30.2 Å². The summed E-state index contributed by atoms with van der Waals surface area (Å²) in [4.78, 5) is 14.2. The number of nitrogens with two attached hydrogens (primary N) is 1. The van der Waals surface area contributed by atoms with E-state index in [-0.39, 0.29) is 16.9 Å². The minimum atomic E-state index is -4.54. The van der Waals surface area contributed by atoms with Crippen molar-refractivity contribution in [2.24, 2.45) is 0 Å². The zero-order valence-electron chi connectivity index (χ0n) is 14.8. The molecule has 1 aliphatic heterocycles. The summed E-state index contributed by atoms with van der Waals surface area (Å²) in [6.07, 6.45) is -4.54. The number of aryl methyl sites for hydroxylation is 1. The number of hydrogen-bond acceptors (Lipinski definition) is 4. The van der Waals surface area contributed by atoms with Gasteiger partial charge in [0.2, 0.25) is 0 Å². The first-order valence-corrected chi connectivity index (χ1v) is 8.48. The van der Waals surface area contributed by atoms with Crippen molar-refractivity contribution in [1.82, 2.24) is 0 Å². The Morgan fingerprint density at radius 3 is 2.52 bits per heavy atom. The molecule has 0 aliphatic carbocycles. The standard InChI is InChI=1S/C19H20F3N3O2/c1-12-5-6-13(11-15(12)23)18(26)24-16-4-2-3-14(19(20,21)22)17(16)25-7-9-27-10-8-25/h2-6,11H,7-10,23H2,1H3,(H,24,26). The predicted octanol–water partition coefficient (Wildman–Crippen LogP) is 3.68. The minimum Gasteiger partial charge on any atom is -0.398 e. The number of carbonyl (C=O) groups is 1. The summed E-state index contributed by atoms with van der Waals surface area (Å²) >= 11 is 0. The quantitative estimate of drug-likeness (QED) is 0.799. The Kier molecular flexibility index (Phi) is 5.27. The summed E-state index contributed by atoms with van der Waals surface area (Å²) in [7, 11) is 0. The number of para-hydroxylation sites is 1. The number of halogens is 3. The zero-order valence-corrected chi connectivity index (χ0v) is 14.8. The molecule has 0 radical (unpaired) electrons. The van der Waals surface area contributed by atoms with Crippen LogP contribution in [0.15, 0.2) is 36.4 Å². The lowest BCUT2D eigenvalue weighted by atomic mass is 10.1. The maximum atomic E-state index is 13.6. The third-order valence-electron chi connectivity index (χ3n) is 4.46. The molecule has 0 spiro atoms. The van der Waals surface area contributed by atoms with Gasteiger partial charge >= 0.3 is 6.18 Å². The van der Waals surface area contributed by atoms with Crippen LogP contribution in [0.3, 0.4) is 0 Å². The molecule has 1 amide bonds. The van der Waals surface area contributed by atoms with Gasteiger partial charge in [0.25, 0.3) is 5.91 Å². The Morgan fingerprint density at radius 2 is 1.89 bits per heavy atom. The van der Waals surface area contributed by atoms with Crippen molar-refractivity contribution < 1.29 is 22.7 Å². The molecule has 27 heavy (non-hydrogen) atoms. The molecular formula is C19H20F3N3O2. The maximum Gasteiger partial charge on any atom is 0.418 e. The number of ether oxygens (including phenoxy) is 1. The first-order valence-electron chi connectivity index (χ1n) is 8.48. The lowest BCUT2D eigenvalue weighted by Gasteiger charge is -2.32. The fourth-order valence-corrected chi connectivity index (χ4v) is 2.98. The SMILES string of the molecule is Cc1ccc(C(=O)Nc2cccc(C(F)(F)F)c2N2CCOCC2)cc1N. The average Bonchev–Trinajstić information content (AvgIpc) is 2.63. The smallest absolute Gasteiger partial charge is 0.398 e. The second-order valence-corrected chi connectivity index (χ2v) is 6.32. The van der Waals surface area contributed by atoms with Crippen LogP contribution in [0.25, 0.3) is 0 Å². The summed E-state index contributed by atoms with van der Waals surface area (Å²) in [5.74, 6) is -0.518. The number of nitrogens with one attached hydrogen (secondary N) is 1. The molecule has 1 aliphatic rings. The largest absolute Gasteiger partial charge is 0.418 e. The monoisotopic (exact) mass is 379 g/mol. The van der Waals surface area contributed by atoms with Crippen molar-refractivity contribution in [1.29, 1.82) is 0 Å². The van der Waals surface area contributed by atoms with Crippen LogP contribution in [0, 0.1) is 6.92 Å². The van der Waals surface area contributed by atoms with Crippen LogP contribution in [0.5, 0.6) is 0 Å². The second kappa shape index (κ2) is 7.48. The van der Waals surface area contributed by atoms with Gasteiger partial charge in [-0.2, -0.15) is 13.2 Å². The zero-order chi connectivity index (χ0) is 19.6. The maximum absolute atomic E-state index is 13.6. The number of hydrogen-bond donors (Lipinski definition) is 2. The van der Waals surface area contributed by atoms with Crippen molar-refractivity contribution in [3.63, 3.8) is 0 Å². The van der Waals surface area contributed by atoms with Crippen molar-refractivity contribution in [2.75, 3.05) is 42.3 Å². The molecule has 0 unspecified atom stereocenters. The third-order valence-corrected chi connectivity index (χ3v) is 4.46. The number of alkyl halides is 3. The van der Waals surface area contributed by atoms with Crippen LogP contribution < -0.4 is 16.0 Å². The Hall–Kier alpha value is -2.74. The highest BCUT2D eigenvalue weighted by atomic mass is 19.4. The Bertz CT molecular complexity index is 847. The van der Waals surface area contributed by atoms with Crippen LogP contribution in [-0.2, 0) is 10.9 Å². The van der Waals surface area contributed by atoms with Gasteiger partial charge in [-0.05, 0) is 36.8 Å². The van der Waals surface area contributed by atoms with E-state index in [9.17, 15) is 18.0 Å². The van der Waals surface area contributed by atoms with E-state index >= 15 is 0 Å². The summed E-state index contributed by atoms with van der Waals surface area (Å²) in [6, 6.07) is 8.56. The summed E-state index contributed by atoms with van der Waals surface area (Å²) in [6.45, 7) is 3.09. The van der Waals surface area contributed by atoms with E-state index in [1.54, 1.807) is 24.0 Å². The fourth-order valence-electron chi connectivity index (χ4n) is 2.98. The van der Waals surface area contributed by atoms with Crippen LogP contribution in [-0.4, -0.2) is 32.2 Å². The predicted molar refractivity (Wildman–Crippen MR) is 98.0 cm³/mol. The molecule has 1 fully saturated rings. The van der Waals surface area contributed by atoms with Crippen LogP contribution >= 0.6 is 0 Å². The van der Waals surface area contributed by atoms with E-state index in [1.165, 1.54) is 18.2 Å². The number of benzene rings is 2. The van der Waals surface area contributed by atoms with Gasteiger partial charge < -0.3 is 20.7 Å². The van der Waals surface area contributed by atoms with Gasteiger partial charge in [-0.3, -0.25) is 4.79 Å².